The molecule has 0 unspecified atom stereocenters. The number of halogens is 1. The molecule has 118 valence electrons. The molecule has 0 N–H and O–H groups in total. The highest BCUT2D eigenvalue weighted by Gasteiger charge is 2.19. The molecule has 5 nitrogen and oxygen atoms in total. The van der Waals surface area contributed by atoms with Crippen LogP contribution in [-0.2, 0) is 13.1 Å². The Labute approximate surface area is 139 Å². The minimum Gasteiger partial charge on any atom is -0.496 e. The predicted octanol–water partition coefficient (Wildman–Crippen LogP) is 3.25. The van der Waals surface area contributed by atoms with Crippen molar-refractivity contribution in [2.45, 2.75) is 26.9 Å². The minimum atomic E-state index is -0.0350. The Morgan fingerprint density at radius 1 is 1.45 bits per heavy atom. The maximum absolute atomic E-state index is 12.7. The fraction of sp³-hybridized carbons (Fsp3) is 0.375. The van der Waals surface area contributed by atoms with Gasteiger partial charge in [-0.15, -0.1) is 0 Å². The molecule has 1 aromatic carbocycles. The van der Waals surface area contributed by atoms with Gasteiger partial charge >= 0.3 is 0 Å². The normalized spacial score (nSPS) is 10.6. The number of carbonyl (C=O) groups is 1. The van der Waals surface area contributed by atoms with Crippen LogP contribution in [0.2, 0.25) is 0 Å². The summed E-state index contributed by atoms with van der Waals surface area (Å²) < 4.78 is 8.08. The molecule has 0 aliphatic carbocycles. The van der Waals surface area contributed by atoms with Crippen LogP contribution >= 0.6 is 15.9 Å². The summed E-state index contributed by atoms with van der Waals surface area (Å²) in [5.74, 6) is 0.686. The predicted molar refractivity (Wildman–Crippen MR) is 89.1 cm³/mol. The first-order chi connectivity index (χ1) is 10.5. The minimum absolute atomic E-state index is 0.0350. The van der Waals surface area contributed by atoms with Crippen molar-refractivity contribution in [1.29, 1.82) is 0 Å². The molecule has 6 heteroatoms. The van der Waals surface area contributed by atoms with Crippen molar-refractivity contribution in [3.05, 3.63) is 45.7 Å². The number of ether oxygens (including phenoxy) is 1. The molecule has 1 amide bonds. The molecule has 0 aliphatic rings. The number of benzene rings is 1. The number of rotatable bonds is 5. The topological polar surface area (TPSA) is 47.4 Å². The summed E-state index contributed by atoms with van der Waals surface area (Å²) in [6.45, 7) is 5.17. The fourth-order valence-electron chi connectivity index (χ4n) is 2.39. The van der Waals surface area contributed by atoms with E-state index in [1.54, 1.807) is 25.3 Å². The van der Waals surface area contributed by atoms with Gasteiger partial charge in [-0.05, 0) is 41.9 Å². The van der Waals surface area contributed by atoms with Gasteiger partial charge in [0, 0.05) is 24.7 Å². The highest BCUT2D eigenvalue weighted by atomic mass is 79.9. The van der Waals surface area contributed by atoms with E-state index in [4.69, 9.17) is 4.74 Å². The lowest BCUT2D eigenvalue weighted by molar-refractivity contribution is 0.0780. The van der Waals surface area contributed by atoms with Crippen molar-refractivity contribution in [3.63, 3.8) is 0 Å². The van der Waals surface area contributed by atoms with Crippen molar-refractivity contribution < 1.29 is 9.53 Å². The molecular formula is C16H20BrN3O2. The van der Waals surface area contributed by atoms with Crippen LogP contribution in [0.25, 0.3) is 0 Å². The summed E-state index contributed by atoms with van der Waals surface area (Å²) in [6, 6.07) is 5.51. The molecular weight excluding hydrogens is 346 g/mol. The van der Waals surface area contributed by atoms with Crippen LogP contribution < -0.4 is 4.74 Å². The number of hydrogen-bond acceptors (Lipinski definition) is 3. The quantitative estimate of drug-likeness (QED) is 0.816. The van der Waals surface area contributed by atoms with Crippen molar-refractivity contribution in [2.24, 2.45) is 0 Å². The Balaban J connectivity index is 2.24. The monoisotopic (exact) mass is 365 g/mol. The van der Waals surface area contributed by atoms with Gasteiger partial charge in [-0.2, -0.15) is 5.10 Å². The van der Waals surface area contributed by atoms with Gasteiger partial charge in [0.2, 0.25) is 0 Å². The summed E-state index contributed by atoms with van der Waals surface area (Å²) in [6.07, 6.45) is 1.76. The van der Waals surface area contributed by atoms with E-state index in [1.165, 1.54) is 0 Å². The zero-order valence-electron chi connectivity index (χ0n) is 13.3. The summed E-state index contributed by atoms with van der Waals surface area (Å²) >= 11 is 3.49. The van der Waals surface area contributed by atoms with Gasteiger partial charge in [0.25, 0.3) is 5.91 Å². The maximum Gasteiger partial charge on any atom is 0.254 e. The first-order valence-electron chi connectivity index (χ1n) is 7.08. The van der Waals surface area contributed by atoms with E-state index >= 15 is 0 Å². The summed E-state index contributed by atoms with van der Waals surface area (Å²) in [5, 5.41) is 4.28. The SMILES string of the molecule is CCn1ncc(Br)c1CN(C)C(=O)c1cccc(OC)c1C. The standard InChI is InChI=1S/C16H20BrN3O2/c1-5-20-14(13(17)9-18-20)10-19(3)16(21)12-7-6-8-15(22-4)11(12)2/h6-9H,5,10H2,1-4H3. The number of methoxy groups -OCH3 is 1. The molecule has 0 saturated carbocycles. The van der Waals surface area contributed by atoms with E-state index in [9.17, 15) is 4.79 Å². The molecule has 1 aromatic heterocycles. The van der Waals surface area contributed by atoms with Gasteiger partial charge in [-0.25, -0.2) is 0 Å². The molecule has 0 atom stereocenters. The Bertz CT molecular complexity index is 682. The van der Waals surface area contributed by atoms with Crippen LogP contribution in [0.4, 0.5) is 0 Å². The molecule has 0 spiro atoms. The van der Waals surface area contributed by atoms with Crippen LogP contribution in [0, 0.1) is 6.92 Å². The summed E-state index contributed by atoms with van der Waals surface area (Å²) in [5.41, 5.74) is 2.49. The first kappa shape index (κ1) is 16.5. The van der Waals surface area contributed by atoms with Gasteiger partial charge in [-0.1, -0.05) is 6.07 Å². The Morgan fingerprint density at radius 3 is 2.82 bits per heavy atom. The second-order valence-corrected chi connectivity index (χ2v) is 5.90. The maximum atomic E-state index is 12.7. The van der Waals surface area contributed by atoms with Crippen LogP contribution in [0.5, 0.6) is 5.75 Å². The van der Waals surface area contributed by atoms with Crippen molar-refractivity contribution in [2.75, 3.05) is 14.2 Å². The second kappa shape index (κ2) is 6.96. The molecule has 0 bridgehead atoms. The van der Waals surface area contributed by atoms with Crippen molar-refractivity contribution in [1.82, 2.24) is 14.7 Å². The molecule has 0 aliphatic heterocycles. The third-order valence-corrected chi connectivity index (χ3v) is 4.33. The molecule has 0 fully saturated rings. The average molecular weight is 366 g/mol. The van der Waals surface area contributed by atoms with E-state index < -0.39 is 0 Å². The van der Waals surface area contributed by atoms with Crippen LogP contribution in [-0.4, -0.2) is 34.7 Å². The van der Waals surface area contributed by atoms with Crippen molar-refractivity contribution >= 4 is 21.8 Å². The lowest BCUT2D eigenvalue weighted by Crippen LogP contribution is -2.28. The van der Waals surface area contributed by atoms with E-state index in [2.05, 4.69) is 21.0 Å². The van der Waals surface area contributed by atoms with Crippen LogP contribution in [0.1, 0.15) is 28.5 Å². The zero-order chi connectivity index (χ0) is 16.3. The van der Waals surface area contributed by atoms with E-state index in [0.29, 0.717) is 12.1 Å². The Hall–Kier alpha value is -1.82. The smallest absolute Gasteiger partial charge is 0.254 e. The van der Waals surface area contributed by atoms with Gasteiger partial charge in [0.05, 0.1) is 30.0 Å². The zero-order valence-corrected chi connectivity index (χ0v) is 14.8. The molecule has 22 heavy (non-hydrogen) atoms. The average Bonchev–Trinajstić information content (AvgIpc) is 2.87. The Morgan fingerprint density at radius 2 is 2.18 bits per heavy atom. The summed E-state index contributed by atoms with van der Waals surface area (Å²) in [4.78, 5) is 14.4. The number of aromatic nitrogens is 2. The highest BCUT2D eigenvalue weighted by molar-refractivity contribution is 9.10. The number of carbonyl (C=O) groups excluding carboxylic acids is 1. The van der Waals surface area contributed by atoms with Gasteiger partial charge in [0.1, 0.15) is 5.75 Å². The lowest BCUT2D eigenvalue weighted by atomic mass is 10.1. The molecule has 0 radical (unpaired) electrons. The van der Waals surface area contributed by atoms with Crippen LogP contribution in [0.3, 0.4) is 0 Å². The number of amides is 1. The second-order valence-electron chi connectivity index (χ2n) is 5.05. The fourth-order valence-corrected chi connectivity index (χ4v) is 2.81. The molecule has 2 aromatic rings. The number of aryl methyl sites for hydroxylation is 1. The van der Waals surface area contributed by atoms with Crippen LogP contribution in [0.15, 0.2) is 28.9 Å². The number of hydrogen-bond donors (Lipinski definition) is 0. The largest absolute Gasteiger partial charge is 0.496 e. The number of nitrogens with zero attached hydrogens (tertiary/aromatic N) is 3. The molecule has 1 heterocycles. The van der Waals surface area contributed by atoms with E-state index in [1.807, 2.05) is 36.7 Å². The van der Waals surface area contributed by atoms with E-state index in [-0.39, 0.29) is 5.91 Å². The van der Waals surface area contributed by atoms with Gasteiger partial charge in [0.15, 0.2) is 0 Å². The van der Waals surface area contributed by atoms with Gasteiger partial charge < -0.3 is 9.64 Å². The third kappa shape index (κ3) is 3.16. The van der Waals surface area contributed by atoms with Gasteiger partial charge in [-0.3, -0.25) is 9.48 Å². The van der Waals surface area contributed by atoms with E-state index in [0.717, 1.165) is 28.0 Å². The highest BCUT2D eigenvalue weighted by Crippen LogP contribution is 2.23. The Kier molecular flexibility index (Phi) is 5.24. The first-order valence-corrected chi connectivity index (χ1v) is 7.88. The molecule has 2 rings (SSSR count). The van der Waals surface area contributed by atoms with Crippen molar-refractivity contribution in [3.8, 4) is 5.75 Å². The molecule has 0 saturated heterocycles. The summed E-state index contributed by atoms with van der Waals surface area (Å²) in [7, 11) is 3.40. The lowest BCUT2D eigenvalue weighted by Gasteiger charge is -2.20. The third-order valence-electron chi connectivity index (χ3n) is 3.67.